The number of ether oxygens (including phenoxy) is 1. The van der Waals surface area contributed by atoms with E-state index >= 15 is 0 Å². The summed E-state index contributed by atoms with van der Waals surface area (Å²) in [6, 6.07) is 5.76. The number of hydrogen-bond donors (Lipinski definition) is 2. The third-order valence-corrected chi connectivity index (χ3v) is 3.57. The minimum atomic E-state index is -2.95. The van der Waals surface area contributed by atoms with E-state index in [0.717, 1.165) is 6.92 Å². The van der Waals surface area contributed by atoms with Gasteiger partial charge in [0.2, 0.25) is 0 Å². The highest BCUT2D eigenvalue weighted by Gasteiger charge is 2.24. The van der Waals surface area contributed by atoms with Gasteiger partial charge in [-0.1, -0.05) is 12.1 Å². The highest BCUT2D eigenvalue weighted by Crippen LogP contribution is 2.29. The Hall–Kier alpha value is -2.94. The number of hydrazone groups is 1. The second-order valence-electron chi connectivity index (χ2n) is 6.42. The Labute approximate surface area is 155 Å². The molecule has 144 valence electrons. The molecule has 7 nitrogen and oxygen atoms in total. The molecule has 0 spiro atoms. The van der Waals surface area contributed by atoms with Gasteiger partial charge in [-0.15, -0.1) is 0 Å². The second-order valence-corrected chi connectivity index (χ2v) is 6.42. The summed E-state index contributed by atoms with van der Waals surface area (Å²) >= 11 is 0. The molecule has 0 aliphatic carbocycles. The van der Waals surface area contributed by atoms with E-state index in [1.165, 1.54) is 36.8 Å². The molecule has 1 aromatic carbocycles. The first-order chi connectivity index (χ1) is 12.6. The molecule has 9 heteroatoms. The van der Waals surface area contributed by atoms with Crippen molar-refractivity contribution in [1.29, 1.82) is 0 Å². The molecule has 1 aromatic heterocycles. The minimum absolute atomic E-state index is 0.0640. The SMILES string of the molecule is CC(C)(O)c1cnc(OCC(C=Nc2cccc(C(C)(F)F)c2)=NN)nc1. The van der Waals surface area contributed by atoms with E-state index in [-0.39, 0.29) is 23.9 Å². The van der Waals surface area contributed by atoms with Crippen LogP contribution in [-0.2, 0) is 11.5 Å². The quantitative estimate of drug-likeness (QED) is 0.438. The summed E-state index contributed by atoms with van der Waals surface area (Å²) in [6.45, 7) is 3.99. The molecule has 0 bridgehead atoms. The molecular weight excluding hydrogens is 356 g/mol. The predicted molar refractivity (Wildman–Crippen MR) is 98.6 cm³/mol. The van der Waals surface area contributed by atoms with Crippen molar-refractivity contribution in [2.45, 2.75) is 32.3 Å². The molecule has 0 fully saturated rings. The van der Waals surface area contributed by atoms with Crippen LogP contribution in [0.1, 0.15) is 31.9 Å². The standard InChI is InChI=1S/C18H21F2N5O2/c1-17(2,26)13-8-23-16(24-9-13)27-11-15(25-21)10-22-14-6-4-5-12(7-14)18(3,19)20/h4-10,26H,11,21H2,1-3H3. The Morgan fingerprint density at radius 2 is 1.89 bits per heavy atom. The van der Waals surface area contributed by atoms with E-state index in [1.54, 1.807) is 19.9 Å². The van der Waals surface area contributed by atoms with Gasteiger partial charge in [-0.05, 0) is 26.0 Å². The van der Waals surface area contributed by atoms with Crippen LogP contribution in [0.2, 0.25) is 0 Å². The molecule has 0 aliphatic heterocycles. The van der Waals surface area contributed by atoms with Crippen molar-refractivity contribution >= 4 is 17.6 Å². The number of alkyl halides is 2. The zero-order chi connectivity index (χ0) is 20.1. The van der Waals surface area contributed by atoms with Gasteiger partial charge in [0.15, 0.2) is 0 Å². The van der Waals surface area contributed by atoms with Crippen molar-refractivity contribution < 1.29 is 18.6 Å². The topological polar surface area (TPSA) is 106 Å². The lowest BCUT2D eigenvalue weighted by molar-refractivity contribution is 0.0175. The molecule has 1 heterocycles. The van der Waals surface area contributed by atoms with Gasteiger partial charge in [0, 0.05) is 30.4 Å². The highest BCUT2D eigenvalue weighted by molar-refractivity contribution is 6.31. The Bertz CT molecular complexity index is 825. The fourth-order valence-electron chi connectivity index (χ4n) is 1.96. The molecule has 0 saturated carbocycles. The third kappa shape index (κ3) is 6.07. The van der Waals surface area contributed by atoms with Crippen molar-refractivity contribution in [3.05, 3.63) is 47.8 Å². The average Bonchev–Trinajstić information content (AvgIpc) is 2.61. The Morgan fingerprint density at radius 3 is 2.44 bits per heavy atom. The van der Waals surface area contributed by atoms with E-state index in [4.69, 9.17) is 10.6 Å². The van der Waals surface area contributed by atoms with Gasteiger partial charge < -0.3 is 15.7 Å². The lowest BCUT2D eigenvalue weighted by Gasteiger charge is -2.16. The molecule has 0 radical (unpaired) electrons. The number of benzene rings is 1. The van der Waals surface area contributed by atoms with E-state index in [1.807, 2.05) is 0 Å². The highest BCUT2D eigenvalue weighted by atomic mass is 19.3. The molecule has 27 heavy (non-hydrogen) atoms. The van der Waals surface area contributed by atoms with Crippen molar-refractivity contribution in [1.82, 2.24) is 9.97 Å². The Balaban J connectivity index is 2.01. The number of nitrogens with zero attached hydrogens (tertiary/aromatic N) is 4. The number of rotatable bonds is 7. The van der Waals surface area contributed by atoms with Crippen LogP contribution >= 0.6 is 0 Å². The van der Waals surface area contributed by atoms with E-state index in [2.05, 4.69) is 20.1 Å². The molecule has 0 saturated heterocycles. The van der Waals surface area contributed by atoms with Gasteiger partial charge in [0.05, 0.1) is 17.5 Å². The molecule has 2 rings (SSSR count). The van der Waals surface area contributed by atoms with Crippen molar-refractivity contribution in [3.63, 3.8) is 0 Å². The zero-order valence-electron chi connectivity index (χ0n) is 15.2. The number of aliphatic imine (C=N–C) groups is 1. The van der Waals surface area contributed by atoms with Gasteiger partial charge >= 0.3 is 6.01 Å². The first kappa shape index (κ1) is 20.4. The molecular formula is C18H21F2N5O2. The first-order valence-corrected chi connectivity index (χ1v) is 8.06. The van der Waals surface area contributed by atoms with Crippen LogP contribution in [0.5, 0.6) is 6.01 Å². The van der Waals surface area contributed by atoms with Gasteiger partial charge in [-0.25, -0.2) is 18.7 Å². The number of hydrogen-bond acceptors (Lipinski definition) is 7. The van der Waals surface area contributed by atoms with Gasteiger partial charge in [-0.3, -0.25) is 4.99 Å². The van der Waals surface area contributed by atoms with Crippen LogP contribution < -0.4 is 10.6 Å². The van der Waals surface area contributed by atoms with Crippen LogP contribution in [0.25, 0.3) is 0 Å². The monoisotopic (exact) mass is 377 g/mol. The van der Waals surface area contributed by atoms with Gasteiger partial charge in [0.1, 0.15) is 12.3 Å². The maximum Gasteiger partial charge on any atom is 0.316 e. The van der Waals surface area contributed by atoms with Crippen molar-refractivity contribution in [2.75, 3.05) is 6.61 Å². The molecule has 0 unspecified atom stereocenters. The van der Waals surface area contributed by atoms with E-state index in [9.17, 15) is 13.9 Å². The molecule has 2 aromatic rings. The Morgan fingerprint density at radius 1 is 1.22 bits per heavy atom. The molecule has 0 amide bonds. The summed E-state index contributed by atoms with van der Waals surface area (Å²) in [7, 11) is 0. The molecule has 3 N–H and O–H groups in total. The lowest BCUT2D eigenvalue weighted by atomic mass is 10.0. The number of halogens is 2. The van der Waals surface area contributed by atoms with Crippen LogP contribution in [0.15, 0.2) is 46.8 Å². The first-order valence-electron chi connectivity index (χ1n) is 8.06. The van der Waals surface area contributed by atoms with Crippen molar-refractivity contribution in [2.24, 2.45) is 15.9 Å². The zero-order valence-corrected chi connectivity index (χ0v) is 15.2. The summed E-state index contributed by atoms with van der Waals surface area (Å²) < 4.78 is 32.1. The minimum Gasteiger partial charge on any atom is -0.457 e. The number of nitrogens with two attached hydrogens (primary N) is 1. The second kappa shape index (κ2) is 8.17. The van der Waals surface area contributed by atoms with Crippen molar-refractivity contribution in [3.8, 4) is 6.01 Å². The Kier molecular flexibility index (Phi) is 6.17. The average molecular weight is 377 g/mol. The van der Waals surface area contributed by atoms with Crippen LogP contribution in [0.4, 0.5) is 14.5 Å². The van der Waals surface area contributed by atoms with Gasteiger partial charge in [-0.2, -0.15) is 5.10 Å². The third-order valence-electron chi connectivity index (χ3n) is 3.57. The summed E-state index contributed by atoms with van der Waals surface area (Å²) in [5.41, 5.74) is -0.0599. The maximum absolute atomic E-state index is 13.4. The summed E-state index contributed by atoms with van der Waals surface area (Å²) in [5, 5.41) is 13.4. The van der Waals surface area contributed by atoms with Crippen LogP contribution in [0.3, 0.4) is 0 Å². The van der Waals surface area contributed by atoms with Crippen LogP contribution in [0, 0.1) is 0 Å². The van der Waals surface area contributed by atoms with Gasteiger partial charge in [0.25, 0.3) is 5.92 Å². The smallest absolute Gasteiger partial charge is 0.316 e. The number of aliphatic hydroxyl groups is 1. The lowest BCUT2D eigenvalue weighted by Crippen LogP contribution is -2.18. The molecule has 0 aliphatic rings. The largest absolute Gasteiger partial charge is 0.457 e. The summed E-state index contributed by atoms with van der Waals surface area (Å²) in [6.07, 6.45) is 4.22. The summed E-state index contributed by atoms with van der Waals surface area (Å²) in [5.74, 6) is 2.35. The normalized spacial score (nSPS) is 13.2. The summed E-state index contributed by atoms with van der Waals surface area (Å²) in [4.78, 5) is 12.1. The fourth-order valence-corrected chi connectivity index (χ4v) is 1.96. The maximum atomic E-state index is 13.4. The van der Waals surface area contributed by atoms with E-state index < -0.39 is 11.5 Å². The molecule has 0 atom stereocenters. The fraction of sp³-hybridized carbons (Fsp3) is 0.333. The van der Waals surface area contributed by atoms with E-state index in [0.29, 0.717) is 11.3 Å². The predicted octanol–water partition coefficient (Wildman–Crippen LogP) is 2.91. The van der Waals surface area contributed by atoms with Crippen LogP contribution in [-0.4, -0.2) is 33.6 Å². The number of aromatic nitrogens is 2.